The van der Waals surface area contributed by atoms with Crippen molar-refractivity contribution in [2.75, 3.05) is 27.4 Å². The molecule has 0 aromatic rings. The number of nitrogens with one attached hydrogen (secondary N) is 1. The van der Waals surface area contributed by atoms with E-state index in [9.17, 15) is 25.5 Å². The molecule has 12 N–H and O–H groups in total. The normalized spacial score (nSPS) is 52.5. The van der Waals surface area contributed by atoms with Crippen LogP contribution in [-0.4, -0.2) is 138 Å². The number of hydrogen-bond donors (Lipinski definition) is 9. The minimum absolute atomic E-state index is 0.119. The fraction of sp³-hybridized carbons (Fsp3) is 1.00. The second-order valence-corrected chi connectivity index (χ2v) is 9.54. The van der Waals surface area contributed by atoms with Gasteiger partial charge in [0.1, 0.15) is 48.3 Å². The van der Waals surface area contributed by atoms with Crippen LogP contribution in [0, 0.1) is 0 Å². The molecule has 0 spiro atoms. The highest BCUT2D eigenvalue weighted by Crippen LogP contribution is 2.32. The minimum Gasteiger partial charge on any atom is -0.394 e. The Balaban J connectivity index is 1.73. The van der Waals surface area contributed by atoms with Gasteiger partial charge in [0.05, 0.1) is 25.3 Å². The molecule has 1 aliphatic carbocycles. The van der Waals surface area contributed by atoms with Gasteiger partial charge < -0.3 is 71.7 Å². The number of aliphatic hydroxyl groups is 5. The lowest BCUT2D eigenvalue weighted by Crippen LogP contribution is -2.69. The molecule has 0 unspecified atom stereocenters. The fourth-order valence-electron chi connectivity index (χ4n) is 5.02. The van der Waals surface area contributed by atoms with Gasteiger partial charge in [0, 0.05) is 19.2 Å². The molecule has 2 aliphatic heterocycles. The van der Waals surface area contributed by atoms with Crippen molar-refractivity contribution in [1.29, 1.82) is 0 Å². The van der Waals surface area contributed by atoms with E-state index in [1.54, 1.807) is 7.05 Å². The molecule has 0 bridgehead atoms. The molecule has 14 nitrogen and oxygen atoms in total. The van der Waals surface area contributed by atoms with Gasteiger partial charge in [-0.15, -0.1) is 0 Å². The lowest BCUT2D eigenvalue weighted by atomic mass is 9.84. The van der Waals surface area contributed by atoms with Crippen LogP contribution in [-0.2, 0) is 23.7 Å². The summed E-state index contributed by atoms with van der Waals surface area (Å²) in [6.45, 7) is 0.900. The second-order valence-electron chi connectivity index (χ2n) is 9.54. The first-order valence-corrected chi connectivity index (χ1v) is 11.4. The molecule has 34 heavy (non-hydrogen) atoms. The van der Waals surface area contributed by atoms with Crippen LogP contribution >= 0.6 is 0 Å². The molecule has 1 saturated carbocycles. The van der Waals surface area contributed by atoms with Crippen LogP contribution in [0.15, 0.2) is 0 Å². The van der Waals surface area contributed by atoms with E-state index in [4.69, 9.17) is 40.9 Å². The van der Waals surface area contributed by atoms with Crippen molar-refractivity contribution in [2.24, 2.45) is 17.2 Å². The zero-order valence-corrected chi connectivity index (χ0v) is 19.6. The molecule has 0 amide bonds. The Morgan fingerprint density at radius 3 is 2.09 bits per heavy atom. The summed E-state index contributed by atoms with van der Waals surface area (Å²) in [6, 6.07) is -3.13. The van der Waals surface area contributed by atoms with Crippen molar-refractivity contribution in [3.8, 4) is 0 Å². The lowest BCUT2D eigenvalue weighted by Gasteiger charge is -2.49. The Kier molecular flexibility index (Phi) is 9.25. The Hall–Kier alpha value is -0.560. The van der Waals surface area contributed by atoms with Gasteiger partial charge in [0.2, 0.25) is 0 Å². The van der Waals surface area contributed by atoms with Crippen molar-refractivity contribution < 1.29 is 49.2 Å². The molecule has 2 heterocycles. The van der Waals surface area contributed by atoms with E-state index >= 15 is 0 Å². The van der Waals surface area contributed by atoms with E-state index in [-0.39, 0.29) is 13.0 Å². The highest BCUT2D eigenvalue weighted by Gasteiger charge is 2.52. The molecule has 3 fully saturated rings. The van der Waals surface area contributed by atoms with Gasteiger partial charge in [-0.05, 0) is 20.4 Å². The summed E-state index contributed by atoms with van der Waals surface area (Å²) in [4.78, 5) is 0. The third-order valence-electron chi connectivity index (χ3n) is 6.96. The van der Waals surface area contributed by atoms with Crippen LogP contribution in [0.2, 0.25) is 0 Å². The Morgan fingerprint density at radius 2 is 1.56 bits per heavy atom. The third kappa shape index (κ3) is 5.40. The molecular formula is C20H40N4O10. The predicted octanol–water partition coefficient (Wildman–Crippen LogP) is -5.35. The smallest absolute Gasteiger partial charge is 0.185 e. The molecule has 200 valence electrons. The maximum atomic E-state index is 11.1. The number of nitrogens with two attached hydrogens (primary N) is 3. The molecule has 2 saturated heterocycles. The number of aliphatic hydroxyl groups excluding tert-OH is 4. The molecular weight excluding hydrogens is 456 g/mol. The van der Waals surface area contributed by atoms with E-state index in [0.29, 0.717) is 0 Å². The Morgan fingerprint density at radius 1 is 0.971 bits per heavy atom. The zero-order chi connectivity index (χ0) is 25.4. The first kappa shape index (κ1) is 28.0. The van der Waals surface area contributed by atoms with Crippen LogP contribution < -0.4 is 22.5 Å². The maximum Gasteiger partial charge on any atom is 0.185 e. The summed E-state index contributed by atoms with van der Waals surface area (Å²) in [6.07, 6.45) is -9.93. The van der Waals surface area contributed by atoms with Crippen molar-refractivity contribution in [3.05, 3.63) is 0 Å². The SMILES string of the molecule is CN[C@@H]1[C@@H](O)[C@@H](O[C@@H]2[C@@H](O)[C@H](O[C@@H]3O[C@H](CO)[C@@H](O)[C@H](OC)[C@@H]3N)[C@@H](N)C[C@H]2N)OC[C@]1(C)O. The van der Waals surface area contributed by atoms with Gasteiger partial charge >= 0.3 is 0 Å². The van der Waals surface area contributed by atoms with Gasteiger partial charge in [0.15, 0.2) is 12.6 Å². The second kappa shape index (κ2) is 11.2. The molecule has 14 atom stereocenters. The average molecular weight is 497 g/mol. The molecule has 14 heteroatoms. The van der Waals surface area contributed by atoms with Crippen LogP contribution in [0.5, 0.6) is 0 Å². The standard InChI is InChI=1S/C20H40N4O10/c1-20(29)6-31-19(13(28)17(20)24-2)34-15-8(22)4-7(21)14(12(15)27)33-18-10(23)16(30-3)11(26)9(5-25)32-18/h7-19,24-29H,4-6,21-23H2,1-3H3/t7-,8+,9+,10-,11+,12-,13+,14+,15-,16+,17+,18-,19+,20-/m0/s1. The van der Waals surface area contributed by atoms with Gasteiger partial charge in [-0.2, -0.15) is 0 Å². The summed E-state index contributed by atoms with van der Waals surface area (Å²) in [5.74, 6) is 0. The first-order chi connectivity index (χ1) is 16.0. The summed E-state index contributed by atoms with van der Waals surface area (Å²) in [7, 11) is 2.95. The first-order valence-electron chi connectivity index (χ1n) is 11.4. The quantitative estimate of drug-likeness (QED) is 0.160. The minimum atomic E-state index is -1.36. The van der Waals surface area contributed by atoms with Crippen molar-refractivity contribution in [3.63, 3.8) is 0 Å². The van der Waals surface area contributed by atoms with E-state index in [0.717, 1.165) is 0 Å². The Labute approximate surface area is 198 Å². The molecule has 0 aromatic carbocycles. The van der Waals surface area contributed by atoms with Crippen molar-refractivity contribution >= 4 is 0 Å². The molecule has 3 aliphatic rings. The number of methoxy groups -OCH3 is 1. The average Bonchev–Trinajstić information content (AvgIpc) is 2.77. The van der Waals surface area contributed by atoms with E-state index in [1.807, 2.05) is 0 Å². The molecule has 0 radical (unpaired) electrons. The highest BCUT2D eigenvalue weighted by atomic mass is 16.7. The Bertz CT molecular complexity index is 663. The number of hydrogen-bond acceptors (Lipinski definition) is 14. The highest BCUT2D eigenvalue weighted by molar-refractivity contribution is 5.02. The summed E-state index contributed by atoms with van der Waals surface area (Å²) in [5.41, 5.74) is 17.2. The van der Waals surface area contributed by atoms with Crippen LogP contribution in [0.1, 0.15) is 13.3 Å². The molecule has 0 aromatic heterocycles. The van der Waals surface area contributed by atoms with Crippen LogP contribution in [0.3, 0.4) is 0 Å². The van der Waals surface area contributed by atoms with E-state index in [2.05, 4.69) is 5.32 Å². The van der Waals surface area contributed by atoms with Crippen molar-refractivity contribution in [2.45, 2.75) is 98.4 Å². The topological polar surface area (TPSA) is 237 Å². The van der Waals surface area contributed by atoms with E-state index in [1.165, 1.54) is 14.0 Å². The fourth-order valence-corrected chi connectivity index (χ4v) is 5.02. The van der Waals surface area contributed by atoms with E-state index < -0.39 is 91.7 Å². The van der Waals surface area contributed by atoms with Crippen LogP contribution in [0.25, 0.3) is 0 Å². The maximum absolute atomic E-state index is 11.1. The third-order valence-corrected chi connectivity index (χ3v) is 6.96. The lowest BCUT2D eigenvalue weighted by molar-refractivity contribution is -0.317. The monoisotopic (exact) mass is 496 g/mol. The van der Waals surface area contributed by atoms with Gasteiger partial charge in [-0.25, -0.2) is 0 Å². The summed E-state index contributed by atoms with van der Waals surface area (Å²) < 4.78 is 28.2. The van der Waals surface area contributed by atoms with Gasteiger partial charge in [0.25, 0.3) is 0 Å². The summed E-state index contributed by atoms with van der Waals surface area (Å²) >= 11 is 0. The van der Waals surface area contributed by atoms with Crippen LogP contribution in [0.4, 0.5) is 0 Å². The predicted molar refractivity (Wildman–Crippen MR) is 116 cm³/mol. The van der Waals surface area contributed by atoms with Gasteiger partial charge in [-0.1, -0.05) is 0 Å². The number of rotatable bonds is 7. The number of ether oxygens (including phenoxy) is 5. The van der Waals surface area contributed by atoms with Crippen molar-refractivity contribution in [1.82, 2.24) is 5.32 Å². The number of likely N-dealkylation sites (N-methyl/N-ethyl adjacent to an activating group) is 1. The zero-order valence-electron chi connectivity index (χ0n) is 19.6. The molecule has 3 rings (SSSR count). The largest absolute Gasteiger partial charge is 0.394 e. The van der Waals surface area contributed by atoms with Gasteiger partial charge in [-0.3, -0.25) is 0 Å². The summed E-state index contributed by atoms with van der Waals surface area (Å²) in [5, 5.41) is 54.9.